The van der Waals surface area contributed by atoms with Crippen molar-refractivity contribution < 1.29 is 14.1 Å². The fraction of sp³-hybridized carbons (Fsp3) is 0.417. The number of carbonyl (C=O) groups is 1. The quantitative estimate of drug-likeness (QED) is 0.674. The van der Waals surface area contributed by atoms with E-state index in [4.69, 9.17) is 0 Å². The van der Waals surface area contributed by atoms with Crippen LogP contribution in [0.4, 0.5) is 15.8 Å². The molecule has 1 amide bonds. The molecule has 1 aliphatic rings. The molecule has 2 rings (SSSR count). The Labute approximate surface area is 123 Å². The highest BCUT2D eigenvalue weighted by Crippen LogP contribution is 2.31. The summed E-state index contributed by atoms with van der Waals surface area (Å²) >= 11 is 3.13. The van der Waals surface area contributed by atoms with Crippen LogP contribution in [0.15, 0.2) is 16.6 Å². The van der Waals surface area contributed by atoms with Gasteiger partial charge in [-0.3, -0.25) is 14.9 Å². The number of hydrogen-bond donors (Lipinski definition) is 1. The van der Waals surface area contributed by atoms with Gasteiger partial charge in [0.2, 0.25) is 5.91 Å². The second-order valence-corrected chi connectivity index (χ2v) is 5.55. The Morgan fingerprint density at radius 1 is 1.55 bits per heavy atom. The van der Waals surface area contributed by atoms with Gasteiger partial charge in [0.15, 0.2) is 5.82 Å². The van der Waals surface area contributed by atoms with Gasteiger partial charge in [-0.1, -0.05) is 0 Å². The van der Waals surface area contributed by atoms with Crippen molar-refractivity contribution >= 4 is 33.2 Å². The van der Waals surface area contributed by atoms with Gasteiger partial charge < -0.3 is 10.2 Å². The van der Waals surface area contributed by atoms with Gasteiger partial charge in [0.25, 0.3) is 5.69 Å². The summed E-state index contributed by atoms with van der Waals surface area (Å²) < 4.78 is 14.2. The first-order valence-corrected chi connectivity index (χ1v) is 6.81. The van der Waals surface area contributed by atoms with Crippen LogP contribution in [0.25, 0.3) is 0 Å². The lowest BCUT2D eigenvalue weighted by Gasteiger charge is -2.31. The van der Waals surface area contributed by atoms with E-state index in [1.54, 1.807) is 11.9 Å². The maximum atomic E-state index is 13.9. The van der Waals surface area contributed by atoms with Gasteiger partial charge in [-0.15, -0.1) is 0 Å². The minimum atomic E-state index is -0.689. The normalized spacial score (nSPS) is 19.1. The molecule has 1 fully saturated rings. The van der Waals surface area contributed by atoms with Crippen molar-refractivity contribution in [2.45, 2.75) is 18.9 Å². The van der Waals surface area contributed by atoms with E-state index < -0.39 is 10.7 Å². The average molecular weight is 346 g/mol. The number of non-ortho nitro benzene ring substituents is 1. The van der Waals surface area contributed by atoms with Crippen LogP contribution in [0, 0.1) is 15.9 Å². The lowest BCUT2D eigenvalue weighted by molar-refractivity contribution is -0.385. The highest BCUT2D eigenvalue weighted by Gasteiger charge is 2.25. The molecule has 1 aliphatic heterocycles. The Bertz CT molecular complexity index is 544. The highest BCUT2D eigenvalue weighted by atomic mass is 79.9. The molecule has 20 heavy (non-hydrogen) atoms. The number of rotatable bonds is 3. The number of halogens is 2. The van der Waals surface area contributed by atoms with Gasteiger partial charge in [-0.25, -0.2) is 4.39 Å². The van der Waals surface area contributed by atoms with Crippen molar-refractivity contribution in [1.29, 1.82) is 0 Å². The topological polar surface area (TPSA) is 75.5 Å². The van der Waals surface area contributed by atoms with Crippen molar-refractivity contribution in [3.05, 3.63) is 32.5 Å². The molecule has 0 saturated carbocycles. The summed E-state index contributed by atoms with van der Waals surface area (Å²) in [5.74, 6) is -0.628. The van der Waals surface area contributed by atoms with Gasteiger partial charge in [-0.2, -0.15) is 0 Å². The first-order chi connectivity index (χ1) is 9.38. The molecule has 1 aromatic carbocycles. The Morgan fingerprint density at radius 3 is 2.80 bits per heavy atom. The number of hydrogen-bond acceptors (Lipinski definition) is 4. The number of nitro groups is 1. The number of nitrogens with zero attached hydrogens (tertiary/aromatic N) is 2. The lowest BCUT2D eigenvalue weighted by atomic mass is 10.1. The van der Waals surface area contributed by atoms with E-state index in [1.165, 1.54) is 6.07 Å². The van der Waals surface area contributed by atoms with Gasteiger partial charge >= 0.3 is 0 Å². The number of likely N-dealkylation sites (tertiary alicyclic amines) is 1. The van der Waals surface area contributed by atoms with E-state index >= 15 is 0 Å². The third-order valence-electron chi connectivity index (χ3n) is 3.21. The summed E-state index contributed by atoms with van der Waals surface area (Å²) in [7, 11) is 1.69. The predicted molar refractivity (Wildman–Crippen MR) is 75.0 cm³/mol. The van der Waals surface area contributed by atoms with Gasteiger partial charge in [0.1, 0.15) is 0 Å². The summed E-state index contributed by atoms with van der Waals surface area (Å²) in [5.41, 5.74) is -0.126. The molecule has 0 aliphatic carbocycles. The van der Waals surface area contributed by atoms with E-state index in [-0.39, 0.29) is 23.3 Å². The van der Waals surface area contributed by atoms with Crippen molar-refractivity contribution in [3.63, 3.8) is 0 Å². The van der Waals surface area contributed by atoms with Crippen LogP contribution < -0.4 is 5.32 Å². The second kappa shape index (κ2) is 5.74. The lowest BCUT2D eigenvalue weighted by Crippen LogP contribution is -2.43. The molecule has 108 valence electrons. The predicted octanol–water partition coefficient (Wildman–Crippen LogP) is 2.53. The number of nitro benzene ring substituents is 1. The van der Waals surface area contributed by atoms with Crippen molar-refractivity contribution in [1.82, 2.24) is 4.90 Å². The fourth-order valence-corrected chi connectivity index (χ4v) is 2.68. The molecular formula is C12H13BrFN3O3. The van der Waals surface area contributed by atoms with Crippen LogP contribution in [-0.4, -0.2) is 35.4 Å². The maximum Gasteiger partial charge on any atom is 0.273 e. The Hall–Kier alpha value is -1.70. The van der Waals surface area contributed by atoms with E-state index in [2.05, 4.69) is 21.2 Å². The molecule has 1 N–H and O–H groups in total. The molecule has 0 spiro atoms. The highest BCUT2D eigenvalue weighted by molar-refractivity contribution is 9.10. The first kappa shape index (κ1) is 14.7. The van der Waals surface area contributed by atoms with E-state index in [0.29, 0.717) is 23.9 Å². The van der Waals surface area contributed by atoms with E-state index in [9.17, 15) is 19.3 Å². The molecule has 8 heteroatoms. The zero-order valence-electron chi connectivity index (χ0n) is 10.7. The number of likely N-dealkylation sites (N-methyl/N-ethyl adjacent to an activating group) is 1. The second-order valence-electron chi connectivity index (χ2n) is 4.70. The maximum absolute atomic E-state index is 13.9. The largest absolute Gasteiger partial charge is 0.377 e. The standard InChI is InChI=1S/C12H13BrFN3O3/c1-16-6-7(2-3-11(16)18)15-12-9(13)4-8(17(19)20)5-10(12)14/h4-5,7,15H,2-3,6H2,1H3. The minimum Gasteiger partial charge on any atom is -0.377 e. The molecular weight excluding hydrogens is 333 g/mol. The van der Waals surface area contributed by atoms with Crippen LogP contribution in [0.5, 0.6) is 0 Å². The number of carbonyl (C=O) groups excluding carboxylic acids is 1. The summed E-state index contributed by atoms with van der Waals surface area (Å²) in [4.78, 5) is 23.0. The van der Waals surface area contributed by atoms with Gasteiger partial charge in [-0.05, 0) is 22.4 Å². The molecule has 0 radical (unpaired) electrons. The molecule has 1 atom stereocenters. The summed E-state index contributed by atoms with van der Waals surface area (Å²) in [6, 6.07) is 2.05. The van der Waals surface area contributed by atoms with Gasteiger partial charge in [0.05, 0.1) is 21.1 Å². The van der Waals surface area contributed by atoms with E-state index in [1.807, 2.05) is 0 Å². The average Bonchev–Trinajstić information content (AvgIpc) is 2.37. The van der Waals surface area contributed by atoms with Crippen LogP contribution >= 0.6 is 15.9 Å². The van der Waals surface area contributed by atoms with Crippen LogP contribution in [0.1, 0.15) is 12.8 Å². The first-order valence-electron chi connectivity index (χ1n) is 6.02. The number of anilines is 1. The van der Waals surface area contributed by atoms with Crippen LogP contribution in [-0.2, 0) is 4.79 Å². The Balaban J connectivity index is 2.18. The Morgan fingerprint density at radius 2 is 2.25 bits per heavy atom. The number of amides is 1. The summed E-state index contributed by atoms with van der Waals surface area (Å²) in [5, 5.41) is 13.6. The summed E-state index contributed by atoms with van der Waals surface area (Å²) in [6.07, 6.45) is 1.01. The van der Waals surface area contributed by atoms with Crippen molar-refractivity contribution in [2.24, 2.45) is 0 Å². The minimum absolute atomic E-state index is 0.0614. The van der Waals surface area contributed by atoms with Crippen LogP contribution in [0.3, 0.4) is 0 Å². The summed E-state index contributed by atoms with van der Waals surface area (Å²) in [6.45, 7) is 0.474. The molecule has 0 bridgehead atoms. The molecule has 1 heterocycles. The van der Waals surface area contributed by atoms with Crippen molar-refractivity contribution in [3.8, 4) is 0 Å². The number of piperidine rings is 1. The zero-order chi connectivity index (χ0) is 14.9. The molecule has 1 unspecified atom stereocenters. The molecule has 0 aromatic heterocycles. The van der Waals surface area contributed by atoms with Crippen molar-refractivity contribution in [2.75, 3.05) is 18.9 Å². The fourth-order valence-electron chi connectivity index (χ4n) is 2.14. The zero-order valence-corrected chi connectivity index (χ0v) is 12.3. The molecule has 6 nitrogen and oxygen atoms in total. The Kier molecular flexibility index (Phi) is 4.22. The molecule has 1 aromatic rings. The smallest absolute Gasteiger partial charge is 0.273 e. The van der Waals surface area contributed by atoms with Crippen LogP contribution in [0.2, 0.25) is 0 Å². The third-order valence-corrected chi connectivity index (χ3v) is 3.84. The monoisotopic (exact) mass is 345 g/mol. The SMILES string of the molecule is CN1CC(Nc2c(F)cc([N+](=O)[O-])cc2Br)CCC1=O. The molecule has 1 saturated heterocycles. The van der Waals surface area contributed by atoms with Gasteiger partial charge in [0, 0.05) is 32.1 Å². The number of benzene rings is 1. The van der Waals surface area contributed by atoms with E-state index in [0.717, 1.165) is 6.07 Å². The third kappa shape index (κ3) is 3.06. The number of nitrogens with one attached hydrogen (secondary N) is 1.